The van der Waals surface area contributed by atoms with Gasteiger partial charge in [-0.1, -0.05) is 25.1 Å². The predicted molar refractivity (Wildman–Crippen MR) is 70.7 cm³/mol. The van der Waals surface area contributed by atoms with Crippen molar-refractivity contribution in [1.82, 2.24) is 0 Å². The Kier molecular flexibility index (Phi) is 4.58. The van der Waals surface area contributed by atoms with Gasteiger partial charge in [0.15, 0.2) is 0 Å². The van der Waals surface area contributed by atoms with E-state index in [-0.39, 0.29) is 12.7 Å². The first kappa shape index (κ1) is 13.3. The van der Waals surface area contributed by atoms with Crippen LogP contribution in [0.3, 0.4) is 0 Å². The lowest BCUT2D eigenvalue weighted by Crippen LogP contribution is -2.44. The summed E-state index contributed by atoms with van der Waals surface area (Å²) in [5.41, 5.74) is 2.01. The Labute approximate surface area is 108 Å². The summed E-state index contributed by atoms with van der Waals surface area (Å²) in [6.45, 7) is 4.09. The van der Waals surface area contributed by atoms with Crippen LogP contribution in [0.15, 0.2) is 24.3 Å². The maximum absolute atomic E-state index is 10.1. The van der Waals surface area contributed by atoms with E-state index in [0.717, 1.165) is 17.8 Å². The van der Waals surface area contributed by atoms with Crippen LogP contribution in [0.1, 0.15) is 25.0 Å². The Balaban J connectivity index is 2.21. The molecule has 0 aliphatic carbocycles. The van der Waals surface area contributed by atoms with Crippen molar-refractivity contribution in [1.29, 1.82) is 0 Å². The summed E-state index contributed by atoms with van der Waals surface area (Å²) in [6.07, 6.45) is 0.132. The van der Waals surface area contributed by atoms with Gasteiger partial charge in [0.05, 0.1) is 25.4 Å². The highest BCUT2D eigenvalue weighted by atomic mass is 16.5. The molecule has 0 saturated carbocycles. The molecular formula is C14H21NO3. The van der Waals surface area contributed by atoms with E-state index in [1.807, 2.05) is 31.2 Å². The molecule has 1 aromatic rings. The number of ether oxygens (including phenoxy) is 1. The molecule has 4 heteroatoms. The van der Waals surface area contributed by atoms with Gasteiger partial charge < -0.3 is 19.8 Å². The molecule has 0 amide bonds. The van der Waals surface area contributed by atoms with Crippen LogP contribution in [0.5, 0.6) is 0 Å². The number of hydrogen-bond donors (Lipinski definition) is 2. The molecule has 1 unspecified atom stereocenters. The second-order valence-corrected chi connectivity index (χ2v) is 4.60. The van der Waals surface area contributed by atoms with E-state index >= 15 is 0 Å². The largest absolute Gasteiger partial charge is 0.394 e. The minimum atomic E-state index is -0.434. The van der Waals surface area contributed by atoms with Crippen molar-refractivity contribution in [2.45, 2.75) is 25.6 Å². The summed E-state index contributed by atoms with van der Waals surface area (Å²) >= 11 is 0. The molecule has 2 rings (SSSR count). The number of anilines is 1. The second-order valence-electron chi connectivity index (χ2n) is 4.60. The van der Waals surface area contributed by atoms with Gasteiger partial charge in [-0.15, -0.1) is 0 Å². The molecule has 1 aliphatic heterocycles. The lowest BCUT2D eigenvalue weighted by atomic mass is 10.0. The molecule has 2 N–H and O–H groups in total. The molecule has 18 heavy (non-hydrogen) atoms. The fourth-order valence-corrected chi connectivity index (χ4v) is 2.33. The Hall–Kier alpha value is -1.10. The molecular weight excluding hydrogens is 230 g/mol. The SMILES string of the molecule is CC[C@@H](O)c1ccccc1N1CCOC(CO)C1. The minimum Gasteiger partial charge on any atom is -0.394 e. The van der Waals surface area contributed by atoms with Crippen molar-refractivity contribution in [3.05, 3.63) is 29.8 Å². The van der Waals surface area contributed by atoms with Gasteiger partial charge in [-0.25, -0.2) is 0 Å². The van der Waals surface area contributed by atoms with Gasteiger partial charge in [-0.3, -0.25) is 0 Å². The highest BCUT2D eigenvalue weighted by molar-refractivity contribution is 5.55. The van der Waals surface area contributed by atoms with Gasteiger partial charge in [0.1, 0.15) is 0 Å². The standard InChI is InChI=1S/C14H21NO3/c1-2-14(17)12-5-3-4-6-13(12)15-7-8-18-11(9-15)10-16/h3-6,11,14,16-17H,2,7-10H2,1H3/t11?,14-/m1/s1. The first-order valence-corrected chi connectivity index (χ1v) is 6.50. The van der Waals surface area contributed by atoms with Crippen LogP contribution in [0.25, 0.3) is 0 Å². The predicted octanol–water partition coefficient (Wildman–Crippen LogP) is 1.33. The number of aliphatic hydroxyl groups is 2. The Bertz CT molecular complexity index is 383. The minimum absolute atomic E-state index is 0.0367. The van der Waals surface area contributed by atoms with Crippen molar-refractivity contribution >= 4 is 5.69 Å². The van der Waals surface area contributed by atoms with Crippen LogP contribution in [0.2, 0.25) is 0 Å². The molecule has 1 saturated heterocycles. The number of aliphatic hydroxyl groups excluding tert-OH is 2. The van der Waals surface area contributed by atoms with E-state index in [2.05, 4.69) is 4.90 Å². The smallest absolute Gasteiger partial charge is 0.0980 e. The van der Waals surface area contributed by atoms with E-state index in [4.69, 9.17) is 4.74 Å². The number of morpholine rings is 1. The summed E-state index contributed by atoms with van der Waals surface area (Å²) in [6, 6.07) is 7.91. The van der Waals surface area contributed by atoms with Gasteiger partial charge >= 0.3 is 0 Å². The lowest BCUT2D eigenvalue weighted by molar-refractivity contribution is 0.00341. The number of para-hydroxylation sites is 1. The Morgan fingerprint density at radius 2 is 2.22 bits per heavy atom. The average Bonchev–Trinajstić information content (AvgIpc) is 2.46. The van der Waals surface area contributed by atoms with Gasteiger partial charge in [-0.05, 0) is 12.5 Å². The molecule has 100 valence electrons. The maximum atomic E-state index is 10.1. The molecule has 1 aliphatic rings. The third-order valence-corrected chi connectivity index (χ3v) is 3.37. The molecule has 4 nitrogen and oxygen atoms in total. The van der Waals surface area contributed by atoms with Gasteiger partial charge in [-0.2, -0.15) is 0 Å². The van der Waals surface area contributed by atoms with E-state index < -0.39 is 6.10 Å². The quantitative estimate of drug-likeness (QED) is 0.847. The second kappa shape index (κ2) is 6.18. The highest BCUT2D eigenvalue weighted by Crippen LogP contribution is 2.29. The zero-order valence-corrected chi connectivity index (χ0v) is 10.7. The normalized spacial score (nSPS) is 21.9. The van der Waals surface area contributed by atoms with Crippen molar-refractivity contribution in [2.24, 2.45) is 0 Å². The summed E-state index contributed by atoms with van der Waals surface area (Å²) in [5.74, 6) is 0. The fourth-order valence-electron chi connectivity index (χ4n) is 2.33. The lowest BCUT2D eigenvalue weighted by Gasteiger charge is -2.35. The molecule has 0 spiro atoms. The summed E-state index contributed by atoms with van der Waals surface area (Å²) < 4.78 is 5.45. The average molecular weight is 251 g/mol. The summed E-state index contributed by atoms with van der Waals surface area (Å²) in [7, 11) is 0. The van der Waals surface area contributed by atoms with E-state index in [0.29, 0.717) is 19.6 Å². The highest BCUT2D eigenvalue weighted by Gasteiger charge is 2.22. The van der Waals surface area contributed by atoms with Crippen molar-refractivity contribution in [2.75, 3.05) is 31.2 Å². The molecule has 1 fully saturated rings. The van der Waals surface area contributed by atoms with Crippen molar-refractivity contribution < 1.29 is 14.9 Å². The first-order valence-electron chi connectivity index (χ1n) is 6.50. The van der Waals surface area contributed by atoms with E-state index in [9.17, 15) is 10.2 Å². The third-order valence-electron chi connectivity index (χ3n) is 3.37. The van der Waals surface area contributed by atoms with Crippen molar-refractivity contribution in [3.8, 4) is 0 Å². The molecule has 0 aromatic heterocycles. The van der Waals surface area contributed by atoms with Crippen LogP contribution in [0.4, 0.5) is 5.69 Å². The van der Waals surface area contributed by atoms with Crippen LogP contribution in [0, 0.1) is 0 Å². The first-order chi connectivity index (χ1) is 8.76. The zero-order valence-electron chi connectivity index (χ0n) is 10.7. The Morgan fingerprint density at radius 3 is 2.94 bits per heavy atom. The number of nitrogens with zero attached hydrogens (tertiary/aromatic N) is 1. The van der Waals surface area contributed by atoms with Crippen LogP contribution < -0.4 is 4.90 Å². The number of benzene rings is 1. The summed E-state index contributed by atoms with van der Waals surface area (Å²) in [5, 5.41) is 19.2. The topological polar surface area (TPSA) is 52.9 Å². The van der Waals surface area contributed by atoms with E-state index in [1.165, 1.54) is 0 Å². The molecule has 2 atom stereocenters. The number of hydrogen-bond acceptors (Lipinski definition) is 4. The zero-order chi connectivity index (χ0) is 13.0. The van der Waals surface area contributed by atoms with Crippen LogP contribution >= 0.6 is 0 Å². The van der Waals surface area contributed by atoms with Crippen LogP contribution in [-0.4, -0.2) is 42.6 Å². The third kappa shape index (κ3) is 2.83. The molecule has 1 heterocycles. The fraction of sp³-hybridized carbons (Fsp3) is 0.571. The number of rotatable bonds is 4. The summed E-state index contributed by atoms with van der Waals surface area (Å²) in [4.78, 5) is 2.18. The van der Waals surface area contributed by atoms with Gasteiger partial charge in [0.2, 0.25) is 0 Å². The monoisotopic (exact) mass is 251 g/mol. The maximum Gasteiger partial charge on any atom is 0.0980 e. The van der Waals surface area contributed by atoms with Gasteiger partial charge in [0.25, 0.3) is 0 Å². The molecule has 1 aromatic carbocycles. The Morgan fingerprint density at radius 1 is 1.44 bits per heavy atom. The van der Waals surface area contributed by atoms with Gasteiger partial charge in [0, 0.05) is 24.3 Å². The van der Waals surface area contributed by atoms with Crippen molar-refractivity contribution in [3.63, 3.8) is 0 Å². The van der Waals surface area contributed by atoms with E-state index in [1.54, 1.807) is 0 Å². The molecule has 0 radical (unpaired) electrons. The molecule has 0 bridgehead atoms. The van der Waals surface area contributed by atoms with Crippen LogP contribution in [-0.2, 0) is 4.74 Å².